The molecule has 0 saturated carbocycles. The molecule has 0 aliphatic heterocycles. The monoisotopic (exact) mass is 185 g/mol. The van der Waals surface area contributed by atoms with Crippen LogP contribution in [0.2, 0.25) is 0 Å². The van der Waals surface area contributed by atoms with Crippen LogP contribution in [0.5, 0.6) is 0 Å². The Labute approximate surface area is 82.0 Å². The van der Waals surface area contributed by atoms with Crippen LogP contribution in [0.4, 0.5) is 0 Å². The first-order valence-corrected chi connectivity index (χ1v) is 5.11. The summed E-state index contributed by atoms with van der Waals surface area (Å²) in [5.41, 5.74) is 1.19. The highest BCUT2D eigenvalue weighted by Crippen LogP contribution is 2.03. The number of aliphatic hydroxyl groups excluding tert-OH is 1. The summed E-state index contributed by atoms with van der Waals surface area (Å²) >= 11 is 0. The van der Waals surface area contributed by atoms with Crippen LogP contribution in [0, 0.1) is 5.92 Å². The molecule has 2 heteroatoms. The zero-order valence-corrected chi connectivity index (χ0v) is 9.14. The largest absolute Gasteiger partial charge is 0.392 e. The van der Waals surface area contributed by atoms with Crippen molar-refractivity contribution in [3.05, 3.63) is 12.2 Å². The molecular formula is C11H23NO. The first kappa shape index (κ1) is 12.7. The topological polar surface area (TPSA) is 32.3 Å². The van der Waals surface area contributed by atoms with Gasteiger partial charge in [0.05, 0.1) is 6.10 Å². The fourth-order valence-corrected chi connectivity index (χ4v) is 1.17. The van der Waals surface area contributed by atoms with Gasteiger partial charge in [0.25, 0.3) is 0 Å². The van der Waals surface area contributed by atoms with Gasteiger partial charge in [0.2, 0.25) is 0 Å². The number of hydrogen-bond donors (Lipinski definition) is 2. The Bertz CT molecular complexity index is 143. The molecule has 0 spiro atoms. The quantitative estimate of drug-likeness (QED) is 0.594. The van der Waals surface area contributed by atoms with Crippen molar-refractivity contribution < 1.29 is 5.11 Å². The minimum Gasteiger partial charge on any atom is -0.392 e. The highest BCUT2D eigenvalue weighted by atomic mass is 16.3. The smallest absolute Gasteiger partial charge is 0.0667 e. The first-order valence-electron chi connectivity index (χ1n) is 5.11. The van der Waals surface area contributed by atoms with Crippen LogP contribution in [-0.4, -0.2) is 24.3 Å². The fraction of sp³-hybridized carbons (Fsp3) is 0.818. The van der Waals surface area contributed by atoms with Gasteiger partial charge in [-0.25, -0.2) is 0 Å². The third kappa shape index (κ3) is 8.00. The third-order valence-corrected chi connectivity index (χ3v) is 2.00. The Morgan fingerprint density at radius 1 is 1.46 bits per heavy atom. The standard InChI is InChI=1S/C11H23NO/c1-5-10(4)7-12-8-11(13)6-9(2)3/h9,11-13H,4-8H2,1-3H3. The molecule has 13 heavy (non-hydrogen) atoms. The molecule has 0 aromatic carbocycles. The zero-order chi connectivity index (χ0) is 10.3. The maximum Gasteiger partial charge on any atom is 0.0667 e. The molecule has 0 aliphatic rings. The molecule has 0 fully saturated rings. The van der Waals surface area contributed by atoms with E-state index in [-0.39, 0.29) is 6.10 Å². The average molecular weight is 185 g/mol. The molecule has 0 aromatic rings. The highest BCUT2D eigenvalue weighted by molar-refractivity contribution is 4.94. The maximum absolute atomic E-state index is 9.51. The van der Waals surface area contributed by atoms with Gasteiger partial charge < -0.3 is 10.4 Å². The van der Waals surface area contributed by atoms with E-state index in [1.54, 1.807) is 0 Å². The first-order chi connectivity index (χ1) is 6.06. The summed E-state index contributed by atoms with van der Waals surface area (Å²) in [6, 6.07) is 0. The van der Waals surface area contributed by atoms with Crippen molar-refractivity contribution in [2.75, 3.05) is 13.1 Å². The summed E-state index contributed by atoms with van der Waals surface area (Å²) in [4.78, 5) is 0. The van der Waals surface area contributed by atoms with Crippen LogP contribution in [0.3, 0.4) is 0 Å². The SMILES string of the molecule is C=C(CC)CNCC(O)CC(C)C. The molecule has 1 atom stereocenters. The molecule has 2 nitrogen and oxygen atoms in total. The molecule has 78 valence electrons. The Hall–Kier alpha value is -0.340. The van der Waals surface area contributed by atoms with Crippen LogP contribution >= 0.6 is 0 Å². The molecule has 0 saturated heterocycles. The van der Waals surface area contributed by atoms with E-state index in [9.17, 15) is 5.11 Å². The summed E-state index contributed by atoms with van der Waals surface area (Å²) < 4.78 is 0. The van der Waals surface area contributed by atoms with E-state index >= 15 is 0 Å². The molecule has 0 heterocycles. The second kappa shape index (κ2) is 7.10. The van der Waals surface area contributed by atoms with E-state index in [0.29, 0.717) is 12.5 Å². The third-order valence-electron chi connectivity index (χ3n) is 2.00. The predicted molar refractivity (Wildman–Crippen MR) is 57.8 cm³/mol. The van der Waals surface area contributed by atoms with E-state index in [1.807, 2.05) is 0 Å². The van der Waals surface area contributed by atoms with Gasteiger partial charge in [-0.1, -0.05) is 32.9 Å². The second-order valence-corrected chi connectivity index (χ2v) is 4.02. The van der Waals surface area contributed by atoms with E-state index in [1.165, 1.54) is 5.57 Å². The molecule has 0 aromatic heterocycles. The Kier molecular flexibility index (Phi) is 6.92. The molecule has 0 rings (SSSR count). The fourth-order valence-electron chi connectivity index (χ4n) is 1.17. The van der Waals surface area contributed by atoms with E-state index in [2.05, 4.69) is 32.7 Å². The molecule has 0 amide bonds. The van der Waals surface area contributed by atoms with Gasteiger partial charge in [0, 0.05) is 13.1 Å². The summed E-state index contributed by atoms with van der Waals surface area (Å²) in [5.74, 6) is 0.561. The van der Waals surface area contributed by atoms with Crippen molar-refractivity contribution in [2.24, 2.45) is 5.92 Å². The lowest BCUT2D eigenvalue weighted by atomic mass is 10.1. The number of nitrogens with one attached hydrogen (secondary N) is 1. The van der Waals surface area contributed by atoms with E-state index in [4.69, 9.17) is 0 Å². The van der Waals surface area contributed by atoms with Crippen LogP contribution in [0.1, 0.15) is 33.6 Å². The number of rotatable bonds is 7. The number of hydrogen-bond acceptors (Lipinski definition) is 2. The Morgan fingerprint density at radius 3 is 2.54 bits per heavy atom. The molecule has 0 aliphatic carbocycles. The molecule has 2 N–H and O–H groups in total. The van der Waals surface area contributed by atoms with Gasteiger partial charge in [0.1, 0.15) is 0 Å². The second-order valence-electron chi connectivity index (χ2n) is 4.02. The minimum atomic E-state index is -0.218. The van der Waals surface area contributed by atoms with Crippen molar-refractivity contribution in [1.29, 1.82) is 0 Å². The summed E-state index contributed by atoms with van der Waals surface area (Å²) in [5, 5.41) is 12.7. The molecular weight excluding hydrogens is 162 g/mol. The van der Waals surface area contributed by atoms with Gasteiger partial charge in [0.15, 0.2) is 0 Å². The normalized spacial score (nSPS) is 13.3. The summed E-state index contributed by atoms with van der Waals surface area (Å²) in [7, 11) is 0. The molecule has 0 radical (unpaired) electrons. The Morgan fingerprint density at radius 2 is 2.08 bits per heavy atom. The van der Waals surface area contributed by atoms with Crippen LogP contribution in [-0.2, 0) is 0 Å². The highest BCUT2D eigenvalue weighted by Gasteiger charge is 2.05. The molecule has 1 unspecified atom stereocenters. The lowest BCUT2D eigenvalue weighted by Crippen LogP contribution is -2.29. The van der Waals surface area contributed by atoms with Gasteiger partial charge in [-0.05, 0) is 18.8 Å². The average Bonchev–Trinajstić information content (AvgIpc) is 2.02. The van der Waals surface area contributed by atoms with Crippen LogP contribution in [0.15, 0.2) is 12.2 Å². The van der Waals surface area contributed by atoms with Crippen LogP contribution in [0.25, 0.3) is 0 Å². The van der Waals surface area contributed by atoms with Crippen molar-refractivity contribution >= 4 is 0 Å². The van der Waals surface area contributed by atoms with Crippen molar-refractivity contribution in [1.82, 2.24) is 5.32 Å². The van der Waals surface area contributed by atoms with Crippen LogP contribution < -0.4 is 5.32 Å². The zero-order valence-electron chi connectivity index (χ0n) is 9.14. The van der Waals surface area contributed by atoms with Gasteiger partial charge in [-0.3, -0.25) is 0 Å². The van der Waals surface area contributed by atoms with Crippen molar-refractivity contribution in [2.45, 2.75) is 39.7 Å². The molecule has 0 bridgehead atoms. The lowest BCUT2D eigenvalue weighted by Gasteiger charge is -2.14. The maximum atomic E-state index is 9.51. The van der Waals surface area contributed by atoms with E-state index in [0.717, 1.165) is 19.4 Å². The van der Waals surface area contributed by atoms with Gasteiger partial charge >= 0.3 is 0 Å². The summed E-state index contributed by atoms with van der Waals surface area (Å²) in [6.07, 6.45) is 1.66. The van der Waals surface area contributed by atoms with Gasteiger partial charge in [-0.15, -0.1) is 0 Å². The predicted octanol–water partition coefficient (Wildman–Crippen LogP) is 1.95. The van der Waals surface area contributed by atoms with Gasteiger partial charge in [-0.2, -0.15) is 0 Å². The lowest BCUT2D eigenvalue weighted by molar-refractivity contribution is 0.147. The van der Waals surface area contributed by atoms with Crippen molar-refractivity contribution in [3.63, 3.8) is 0 Å². The summed E-state index contributed by atoms with van der Waals surface area (Å²) in [6.45, 7) is 11.7. The van der Waals surface area contributed by atoms with E-state index < -0.39 is 0 Å². The number of aliphatic hydroxyl groups is 1. The van der Waals surface area contributed by atoms with Crippen molar-refractivity contribution in [3.8, 4) is 0 Å². The minimum absolute atomic E-state index is 0.218. The Balaban J connectivity index is 3.36.